The van der Waals surface area contributed by atoms with E-state index in [-0.39, 0.29) is 24.3 Å². The zero-order valence-corrected chi connectivity index (χ0v) is 16.8. The van der Waals surface area contributed by atoms with Crippen molar-refractivity contribution in [2.45, 2.75) is 31.7 Å². The van der Waals surface area contributed by atoms with Gasteiger partial charge in [-0.25, -0.2) is 4.90 Å². The van der Waals surface area contributed by atoms with Crippen molar-refractivity contribution in [2.75, 3.05) is 18.0 Å². The summed E-state index contributed by atoms with van der Waals surface area (Å²) in [6.45, 7) is 1.77. The van der Waals surface area contributed by atoms with Gasteiger partial charge in [-0.05, 0) is 68.1 Å². The Morgan fingerprint density at radius 3 is 2.26 bits per heavy atom. The average molecular weight is 427 g/mol. The van der Waals surface area contributed by atoms with Crippen LogP contribution >= 0.6 is 15.9 Å². The van der Waals surface area contributed by atoms with Crippen LogP contribution < -0.4 is 4.90 Å². The highest BCUT2D eigenvalue weighted by atomic mass is 79.9. The van der Waals surface area contributed by atoms with Crippen LogP contribution in [0.4, 0.5) is 5.69 Å². The number of imide groups is 1. The van der Waals surface area contributed by atoms with E-state index in [1.807, 2.05) is 30.3 Å². The minimum absolute atomic E-state index is 0.0798. The smallest absolute Gasteiger partial charge is 0.251 e. The maximum atomic E-state index is 12.9. The largest absolute Gasteiger partial charge is 0.292 e. The molecule has 2 fully saturated rings. The van der Waals surface area contributed by atoms with Crippen LogP contribution in [0.5, 0.6) is 0 Å². The molecule has 2 aromatic carbocycles. The molecule has 2 saturated heterocycles. The van der Waals surface area contributed by atoms with Crippen molar-refractivity contribution in [3.63, 3.8) is 0 Å². The van der Waals surface area contributed by atoms with Gasteiger partial charge in [-0.2, -0.15) is 0 Å². The lowest BCUT2D eigenvalue weighted by atomic mass is 9.89. The van der Waals surface area contributed by atoms with Gasteiger partial charge < -0.3 is 0 Å². The van der Waals surface area contributed by atoms with E-state index in [4.69, 9.17) is 0 Å². The van der Waals surface area contributed by atoms with Crippen LogP contribution in [-0.2, 0) is 16.0 Å². The first-order valence-electron chi connectivity index (χ1n) is 9.52. The minimum atomic E-state index is -0.307. The van der Waals surface area contributed by atoms with Gasteiger partial charge in [0.15, 0.2) is 0 Å². The average Bonchev–Trinajstić information content (AvgIpc) is 2.98. The van der Waals surface area contributed by atoms with Crippen LogP contribution in [0.15, 0.2) is 59.1 Å². The molecule has 2 aromatic rings. The Bertz CT molecular complexity index is 814. The van der Waals surface area contributed by atoms with Crippen LogP contribution in [0.3, 0.4) is 0 Å². The molecule has 140 valence electrons. The Morgan fingerprint density at radius 2 is 1.59 bits per heavy atom. The van der Waals surface area contributed by atoms with Gasteiger partial charge in [-0.1, -0.05) is 46.3 Å². The molecule has 27 heavy (non-hydrogen) atoms. The predicted molar refractivity (Wildman–Crippen MR) is 109 cm³/mol. The van der Waals surface area contributed by atoms with Crippen LogP contribution in [0, 0.1) is 5.92 Å². The van der Waals surface area contributed by atoms with Crippen LogP contribution in [-0.4, -0.2) is 35.8 Å². The van der Waals surface area contributed by atoms with Crippen LogP contribution in [0.1, 0.15) is 24.8 Å². The second-order valence-corrected chi connectivity index (χ2v) is 8.35. The first-order valence-corrected chi connectivity index (χ1v) is 10.3. The van der Waals surface area contributed by atoms with Gasteiger partial charge in [0.1, 0.15) is 0 Å². The quantitative estimate of drug-likeness (QED) is 0.692. The van der Waals surface area contributed by atoms with Gasteiger partial charge in [-0.3, -0.25) is 14.5 Å². The number of piperidine rings is 1. The number of hydrogen-bond acceptors (Lipinski definition) is 3. The molecule has 4 rings (SSSR count). The molecule has 2 aliphatic rings. The number of amides is 2. The number of likely N-dealkylation sites (tertiary alicyclic amines) is 1. The molecule has 4 nitrogen and oxygen atoms in total. The summed E-state index contributed by atoms with van der Waals surface area (Å²) < 4.78 is 0.933. The number of hydrogen-bond donors (Lipinski definition) is 0. The molecule has 0 aliphatic carbocycles. The molecule has 0 radical (unpaired) electrons. The summed E-state index contributed by atoms with van der Waals surface area (Å²) in [5.74, 6) is 0.473. The Balaban J connectivity index is 1.38. The molecular formula is C22H23BrN2O2. The SMILES string of the molecule is O=C1C[C@H](N2CCC(Cc3ccccc3)CC2)C(=O)N1c1ccc(Br)cc1. The molecule has 0 saturated carbocycles. The number of carbonyl (C=O) groups excluding carboxylic acids is 2. The number of rotatable bonds is 4. The summed E-state index contributed by atoms with van der Waals surface area (Å²) in [6, 6.07) is 17.6. The third kappa shape index (κ3) is 3.99. The molecule has 0 bridgehead atoms. The second-order valence-electron chi connectivity index (χ2n) is 7.43. The van der Waals surface area contributed by atoms with Gasteiger partial charge in [0, 0.05) is 4.47 Å². The molecule has 0 spiro atoms. The standard InChI is InChI=1S/C22H23BrN2O2/c23-18-6-8-19(9-7-18)25-21(26)15-20(22(25)27)24-12-10-17(11-13-24)14-16-4-2-1-3-5-16/h1-9,17,20H,10-15H2/t20-/m0/s1. The molecule has 5 heteroatoms. The highest BCUT2D eigenvalue weighted by Gasteiger charge is 2.43. The summed E-state index contributed by atoms with van der Waals surface area (Å²) in [6.07, 6.45) is 3.53. The fraction of sp³-hybridized carbons (Fsp3) is 0.364. The minimum Gasteiger partial charge on any atom is -0.292 e. The number of carbonyl (C=O) groups is 2. The summed E-state index contributed by atoms with van der Waals surface area (Å²) in [5.41, 5.74) is 2.04. The molecule has 2 amide bonds. The van der Waals surface area contributed by atoms with E-state index in [9.17, 15) is 9.59 Å². The Hall–Kier alpha value is -1.98. The molecule has 1 atom stereocenters. The van der Waals surface area contributed by atoms with E-state index in [1.165, 1.54) is 10.5 Å². The maximum absolute atomic E-state index is 12.9. The fourth-order valence-corrected chi connectivity index (χ4v) is 4.44. The van der Waals surface area contributed by atoms with E-state index < -0.39 is 0 Å². The van der Waals surface area contributed by atoms with Crippen LogP contribution in [0.25, 0.3) is 0 Å². The number of anilines is 1. The highest BCUT2D eigenvalue weighted by Crippen LogP contribution is 2.30. The summed E-state index contributed by atoms with van der Waals surface area (Å²) in [4.78, 5) is 29.0. The monoisotopic (exact) mass is 426 g/mol. The fourth-order valence-electron chi connectivity index (χ4n) is 4.18. The third-order valence-corrected chi connectivity index (χ3v) is 6.19. The molecule has 0 N–H and O–H groups in total. The first-order chi connectivity index (χ1) is 13.1. The number of nitrogens with zero attached hydrogens (tertiary/aromatic N) is 2. The van der Waals surface area contributed by atoms with Crippen molar-refractivity contribution in [1.29, 1.82) is 0 Å². The summed E-state index contributed by atoms with van der Waals surface area (Å²) in [5, 5.41) is 0. The van der Waals surface area contributed by atoms with Gasteiger partial charge in [0.25, 0.3) is 5.91 Å². The van der Waals surface area contributed by atoms with E-state index in [1.54, 1.807) is 0 Å². The van der Waals surface area contributed by atoms with Crippen molar-refractivity contribution in [1.82, 2.24) is 4.90 Å². The highest BCUT2D eigenvalue weighted by molar-refractivity contribution is 9.10. The Morgan fingerprint density at radius 1 is 0.926 bits per heavy atom. The molecular weight excluding hydrogens is 404 g/mol. The molecule has 0 aromatic heterocycles. The lowest BCUT2D eigenvalue weighted by Crippen LogP contribution is -2.46. The number of benzene rings is 2. The normalized spacial score (nSPS) is 21.8. The van der Waals surface area contributed by atoms with E-state index in [0.717, 1.165) is 36.8 Å². The summed E-state index contributed by atoms with van der Waals surface area (Å²) >= 11 is 3.39. The van der Waals surface area contributed by atoms with Gasteiger partial charge in [-0.15, -0.1) is 0 Å². The third-order valence-electron chi connectivity index (χ3n) is 5.66. The van der Waals surface area contributed by atoms with Crippen molar-refractivity contribution in [3.05, 3.63) is 64.6 Å². The van der Waals surface area contributed by atoms with Gasteiger partial charge in [0.2, 0.25) is 5.91 Å². The zero-order chi connectivity index (χ0) is 18.8. The zero-order valence-electron chi connectivity index (χ0n) is 15.2. The summed E-state index contributed by atoms with van der Waals surface area (Å²) in [7, 11) is 0. The van der Waals surface area contributed by atoms with Crippen molar-refractivity contribution >= 4 is 33.4 Å². The molecule has 2 heterocycles. The van der Waals surface area contributed by atoms with Crippen molar-refractivity contribution < 1.29 is 9.59 Å². The predicted octanol–water partition coefficient (Wildman–Crippen LogP) is 4.04. The van der Waals surface area contributed by atoms with E-state index >= 15 is 0 Å². The second kappa shape index (κ2) is 7.95. The Kier molecular flexibility index (Phi) is 5.41. The van der Waals surface area contributed by atoms with E-state index in [0.29, 0.717) is 11.6 Å². The Labute approximate surface area is 168 Å². The van der Waals surface area contributed by atoms with Gasteiger partial charge >= 0.3 is 0 Å². The first kappa shape index (κ1) is 18.4. The van der Waals surface area contributed by atoms with Crippen LogP contribution in [0.2, 0.25) is 0 Å². The molecule has 2 aliphatic heterocycles. The lowest BCUT2D eigenvalue weighted by Gasteiger charge is -2.34. The maximum Gasteiger partial charge on any atom is 0.251 e. The molecule has 0 unspecified atom stereocenters. The van der Waals surface area contributed by atoms with Gasteiger partial charge in [0.05, 0.1) is 18.2 Å². The van der Waals surface area contributed by atoms with Crippen molar-refractivity contribution in [2.24, 2.45) is 5.92 Å². The lowest BCUT2D eigenvalue weighted by molar-refractivity contribution is -0.123. The van der Waals surface area contributed by atoms with E-state index in [2.05, 4.69) is 45.1 Å². The number of halogens is 1. The topological polar surface area (TPSA) is 40.6 Å². The van der Waals surface area contributed by atoms with Crippen molar-refractivity contribution in [3.8, 4) is 0 Å².